The van der Waals surface area contributed by atoms with E-state index >= 15 is 0 Å². The predicted molar refractivity (Wildman–Crippen MR) is 127 cm³/mol. The van der Waals surface area contributed by atoms with Crippen molar-refractivity contribution < 1.29 is 23.4 Å². The van der Waals surface area contributed by atoms with Gasteiger partial charge in [0.1, 0.15) is 24.3 Å². The van der Waals surface area contributed by atoms with Crippen molar-refractivity contribution in [1.29, 1.82) is 0 Å². The highest BCUT2D eigenvalue weighted by molar-refractivity contribution is 6.18. The molecular formula is C26H34ClFO4. The summed E-state index contributed by atoms with van der Waals surface area (Å²) >= 11 is 5.83. The van der Waals surface area contributed by atoms with Gasteiger partial charge in [-0.2, -0.15) is 0 Å². The first kappa shape index (κ1) is 26.0. The first-order valence-corrected chi connectivity index (χ1v) is 11.5. The van der Waals surface area contributed by atoms with E-state index in [1.807, 2.05) is 43.3 Å². The van der Waals surface area contributed by atoms with E-state index in [9.17, 15) is 9.18 Å². The molecule has 0 radical (unpaired) electrons. The molecule has 0 N–H and O–H groups in total. The first-order chi connectivity index (χ1) is 15.2. The van der Waals surface area contributed by atoms with Crippen LogP contribution < -0.4 is 9.47 Å². The third-order valence-corrected chi connectivity index (χ3v) is 6.00. The van der Waals surface area contributed by atoms with Crippen molar-refractivity contribution in [2.45, 2.75) is 58.7 Å². The van der Waals surface area contributed by atoms with Gasteiger partial charge in [-0.1, -0.05) is 52.0 Å². The molecule has 0 aliphatic carbocycles. The molecule has 0 aliphatic rings. The molecule has 3 atom stereocenters. The number of rotatable bonds is 12. The second kappa shape index (κ2) is 12.1. The predicted octanol–water partition coefficient (Wildman–Crippen LogP) is 6.32. The fraction of sp³-hybridized carbons (Fsp3) is 0.500. The van der Waals surface area contributed by atoms with Gasteiger partial charge in [-0.05, 0) is 41.8 Å². The van der Waals surface area contributed by atoms with Crippen LogP contribution in [0.2, 0.25) is 0 Å². The molecule has 0 fully saturated rings. The molecule has 2 rings (SSSR count). The number of hydrogen-bond acceptors (Lipinski definition) is 4. The zero-order valence-corrected chi connectivity index (χ0v) is 20.3. The summed E-state index contributed by atoms with van der Waals surface area (Å²) in [6.45, 7) is 9.89. The van der Waals surface area contributed by atoms with Crippen molar-refractivity contribution in [2.24, 2.45) is 5.92 Å². The van der Waals surface area contributed by atoms with E-state index < -0.39 is 18.2 Å². The molecule has 0 bridgehead atoms. The van der Waals surface area contributed by atoms with Crippen LogP contribution in [0.1, 0.15) is 52.2 Å². The normalized spacial score (nSPS) is 14.3. The van der Waals surface area contributed by atoms with Crippen molar-refractivity contribution >= 4 is 17.6 Å². The SMILES string of the molecule is CCC(F)C(COc1ccc(C(C)(C)c2ccc(OCC(C)CCl)cc2)cc1)OC(C)=O. The zero-order chi connectivity index (χ0) is 23.7. The van der Waals surface area contributed by atoms with Crippen molar-refractivity contribution in [3.05, 3.63) is 59.7 Å². The van der Waals surface area contributed by atoms with Crippen LogP contribution in [0.4, 0.5) is 4.39 Å². The van der Waals surface area contributed by atoms with Gasteiger partial charge in [-0.25, -0.2) is 4.39 Å². The van der Waals surface area contributed by atoms with E-state index in [0.717, 1.165) is 16.9 Å². The average Bonchev–Trinajstić information content (AvgIpc) is 2.79. The molecule has 32 heavy (non-hydrogen) atoms. The van der Waals surface area contributed by atoms with E-state index in [4.69, 9.17) is 25.8 Å². The lowest BCUT2D eigenvalue weighted by Crippen LogP contribution is -2.33. The molecule has 0 aliphatic heterocycles. The molecule has 0 heterocycles. The summed E-state index contributed by atoms with van der Waals surface area (Å²) in [6.07, 6.45) is -1.92. The Bertz CT molecular complexity index is 836. The van der Waals surface area contributed by atoms with E-state index in [-0.39, 0.29) is 18.4 Å². The number of carbonyl (C=O) groups is 1. The molecular weight excluding hydrogens is 431 g/mol. The summed E-state index contributed by atoms with van der Waals surface area (Å²) in [7, 11) is 0. The van der Waals surface area contributed by atoms with Crippen LogP contribution in [0, 0.1) is 5.92 Å². The van der Waals surface area contributed by atoms with Gasteiger partial charge in [-0.15, -0.1) is 11.6 Å². The van der Waals surface area contributed by atoms with Gasteiger partial charge in [0.25, 0.3) is 0 Å². The number of benzene rings is 2. The van der Waals surface area contributed by atoms with Crippen LogP contribution in [0.5, 0.6) is 11.5 Å². The number of carbonyl (C=O) groups excluding carboxylic acids is 1. The van der Waals surface area contributed by atoms with Gasteiger partial charge in [-0.3, -0.25) is 4.79 Å². The van der Waals surface area contributed by atoms with E-state index in [1.165, 1.54) is 6.92 Å². The molecule has 3 unspecified atom stereocenters. The summed E-state index contributed by atoms with van der Waals surface area (Å²) < 4.78 is 30.6. The highest BCUT2D eigenvalue weighted by Crippen LogP contribution is 2.33. The molecule has 2 aromatic rings. The average molecular weight is 465 g/mol. The van der Waals surface area contributed by atoms with E-state index in [2.05, 4.69) is 26.0 Å². The molecule has 2 aromatic carbocycles. The second-order valence-corrected chi connectivity index (χ2v) is 8.94. The van der Waals surface area contributed by atoms with Crippen molar-refractivity contribution in [3.8, 4) is 11.5 Å². The van der Waals surface area contributed by atoms with Gasteiger partial charge in [0.15, 0.2) is 6.10 Å². The Morgan fingerprint density at radius 2 is 1.44 bits per heavy atom. The molecule has 0 spiro atoms. The minimum absolute atomic E-state index is 0.0267. The Hall–Kier alpha value is -2.27. The quantitative estimate of drug-likeness (QED) is 0.272. The minimum Gasteiger partial charge on any atom is -0.493 e. The summed E-state index contributed by atoms with van der Waals surface area (Å²) in [5.74, 6) is 1.78. The Morgan fingerprint density at radius 3 is 1.84 bits per heavy atom. The number of alkyl halides is 2. The van der Waals surface area contributed by atoms with Gasteiger partial charge in [0, 0.05) is 24.1 Å². The van der Waals surface area contributed by atoms with Gasteiger partial charge < -0.3 is 14.2 Å². The molecule has 0 saturated heterocycles. The van der Waals surface area contributed by atoms with Crippen LogP contribution in [-0.2, 0) is 14.9 Å². The van der Waals surface area contributed by atoms with Gasteiger partial charge >= 0.3 is 5.97 Å². The van der Waals surface area contributed by atoms with Gasteiger partial charge in [0.2, 0.25) is 0 Å². The smallest absolute Gasteiger partial charge is 0.303 e. The second-order valence-electron chi connectivity index (χ2n) is 8.63. The molecule has 0 saturated carbocycles. The van der Waals surface area contributed by atoms with Crippen LogP contribution in [-0.4, -0.2) is 37.3 Å². The lowest BCUT2D eigenvalue weighted by atomic mass is 9.78. The largest absolute Gasteiger partial charge is 0.493 e. The van der Waals surface area contributed by atoms with Gasteiger partial charge in [0.05, 0.1) is 6.61 Å². The fourth-order valence-corrected chi connectivity index (χ4v) is 3.34. The van der Waals surface area contributed by atoms with Crippen LogP contribution in [0.15, 0.2) is 48.5 Å². The number of hydrogen-bond donors (Lipinski definition) is 0. The Kier molecular flexibility index (Phi) is 9.83. The summed E-state index contributed by atoms with van der Waals surface area (Å²) in [5, 5.41) is 0. The first-order valence-electron chi connectivity index (χ1n) is 11.0. The summed E-state index contributed by atoms with van der Waals surface area (Å²) in [5.41, 5.74) is 2.04. The van der Waals surface area contributed by atoms with Crippen LogP contribution in [0.3, 0.4) is 0 Å². The Labute approximate surface area is 196 Å². The molecule has 176 valence electrons. The van der Waals surface area contributed by atoms with Crippen molar-refractivity contribution in [2.75, 3.05) is 19.1 Å². The molecule has 6 heteroatoms. The third-order valence-electron chi connectivity index (χ3n) is 5.47. The highest BCUT2D eigenvalue weighted by atomic mass is 35.5. The van der Waals surface area contributed by atoms with Crippen LogP contribution >= 0.6 is 11.6 Å². The van der Waals surface area contributed by atoms with E-state index in [0.29, 0.717) is 24.2 Å². The van der Waals surface area contributed by atoms with E-state index in [1.54, 1.807) is 6.92 Å². The Morgan fingerprint density at radius 1 is 0.969 bits per heavy atom. The maximum atomic E-state index is 14.0. The third kappa shape index (κ3) is 7.40. The molecule has 0 amide bonds. The Balaban J connectivity index is 2.03. The highest BCUT2D eigenvalue weighted by Gasteiger charge is 2.25. The van der Waals surface area contributed by atoms with Crippen molar-refractivity contribution in [3.63, 3.8) is 0 Å². The number of halogens is 2. The maximum absolute atomic E-state index is 14.0. The lowest BCUT2D eigenvalue weighted by molar-refractivity contribution is -0.151. The maximum Gasteiger partial charge on any atom is 0.303 e. The number of esters is 1. The molecule has 4 nitrogen and oxygen atoms in total. The molecule has 0 aromatic heterocycles. The summed E-state index contributed by atoms with van der Waals surface area (Å²) in [4.78, 5) is 11.2. The standard InChI is InChI=1S/C26H34ClFO4/c1-6-24(28)25(32-19(3)29)17-31-23-13-9-21(10-14-23)26(4,5)20-7-11-22(12-8-20)30-16-18(2)15-27/h7-14,18,24-25H,6,15-17H2,1-5H3. The topological polar surface area (TPSA) is 44.8 Å². The zero-order valence-electron chi connectivity index (χ0n) is 19.6. The minimum atomic E-state index is -1.26. The fourth-order valence-electron chi connectivity index (χ4n) is 3.25. The summed E-state index contributed by atoms with van der Waals surface area (Å²) in [6, 6.07) is 15.8. The monoisotopic (exact) mass is 464 g/mol. The number of ether oxygens (including phenoxy) is 3. The van der Waals surface area contributed by atoms with Crippen molar-refractivity contribution in [1.82, 2.24) is 0 Å². The lowest BCUT2D eigenvalue weighted by Gasteiger charge is -2.27. The van der Waals surface area contributed by atoms with Crippen LogP contribution in [0.25, 0.3) is 0 Å².